The minimum atomic E-state index is -0.195. The van der Waals surface area contributed by atoms with Crippen molar-refractivity contribution in [3.63, 3.8) is 0 Å². The second-order valence-electron chi connectivity index (χ2n) is 5.79. The van der Waals surface area contributed by atoms with Crippen molar-refractivity contribution in [2.75, 3.05) is 12.3 Å². The van der Waals surface area contributed by atoms with Gasteiger partial charge in [-0.25, -0.2) is 9.97 Å². The van der Waals surface area contributed by atoms with Gasteiger partial charge < -0.3 is 19.8 Å². The number of fused-ring (bicyclic) bond motifs is 1. The molecule has 118 valence electrons. The smallest absolute Gasteiger partial charge is 0.308 e. The summed E-state index contributed by atoms with van der Waals surface area (Å²) >= 11 is 0. The highest BCUT2D eigenvalue weighted by atomic mass is 16.6. The minimum Gasteiger partial charge on any atom is -0.463 e. The van der Waals surface area contributed by atoms with Crippen LogP contribution >= 0.6 is 0 Å². The Morgan fingerprint density at radius 1 is 1.50 bits per heavy atom. The van der Waals surface area contributed by atoms with Crippen LogP contribution in [0.5, 0.6) is 0 Å². The summed E-state index contributed by atoms with van der Waals surface area (Å²) < 4.78 is 13.2. The van der Waals surface area contributed by atoms with Crippen molar-refractivity contribution < 1.29 is 14.3 Å². The van der Waals surface area contributed by atoms with Gasteiger partial charge in [0.25, 0.3) is 0 Å². The van der Waals surface area contributed by atoms with E-state index in [1.54, 1.807) is 0 Å². The SMILES string of the molecule is CC(C)C(=O)OCC1CCC(n2ccc3c(N)ncnc32)O1. The zero-order valence-electron chi connectivity index (χ0n) is 12.7. The first-order chi connectivity index (χ1) is 10.6. The monoisotopic (exact) mass is 304 g/mol. The number of rotatable bonds is 4. The third kappa shape index (κ3) is 2.76. The number of anilines is 1. The van der Waals surface area contributed by atoms with Crippen molar-refractivity contribution in [2.45, 2.75) is 39.0 Å². The Morgan fingerprint density at radius 2 is 2.32 bits per heavy atom. The van der Waals surface area contributed by atoms with E-state index in [9.17, 15) is 4.79 Å². The molecule has 1 aliphatic heterocycles. The molecule has 0 radical (unpaired) electrons. The average Bonchev–Trinajstić information content (AvgIpc) is 3.11. The van der Waals surface area contributed by atoms with Crippen LogP contribution in [-0.4, -0.2) is 33.2 Å². The molecule has 1 fully saturated rings. The Bertz CT molecular complexity index is 682. The molecule has 0 bridgehead atoms. The second kappa shape index (κ2) is 5.92. The molecule has 0 amide bonds. The number of nitrogens with zero attached hydrogens (tertiary/aromatic N) is 3. The van der Waals surface area contributed by atoms with E-state index >= 15 is 0 Å². The number of nitrogens with two attached hydrogens (primary N) is 1. The Kier molecular flexibility index (Phi) is 3.98. The van der Waals surface area contributed by atoms with E-state index in [0.29, 0.717) is 12.4 Å². The predicted molar refractivity (Wildman–Crippen MR) is 80.9 cm³/mol. The van der Waals surface area contributed by atoms with Crippen molar-refractivity contribution in [1.29, 1.82) is 0 Å². The standard InChI is InChI=1S/C15H20N4O3/c1-9(2)15(20)21-7-10-3-4-12(22-10)19-6-5-11-13(16)17-8-18-14(11)19/h5-6,8-10,12H,3-4,7H2,1-2H3,(H2,16,17,18). The minimum absolute atomic E-state index is 0.0793. The molecule has 22 heavy (non-hydrogen) atoms. The maximum atomic E-state index is 11.5. The van der Waals surface area contributed by atoms with E-state index in [1.165, 1.54) is 6.33 Å². The number of carbonyl (C=O) groups is 1. The molecule has 1 saturated heterocycles. The summed E-state index contributed by atoms with van der Waals surface area (Å²) in [5.41, 5.74) is 6.60. The Morgan fingerprint density at radius 3 is 3.09 bits per heavy atom. The van der Waals surface area contributed by atoms with E-state index in [4.69, 9.17) is 15.2 Å². The molecular formula is C15H20N4O3. The van der Waals surface area contributed by atoms with Gasteiger partial charge in [0.2, 0.25) is 0 Å². The highest BCUT2D eigenvalue weighted by Crippen LogP contribution is 2.32. The first-order valence-electron chi connectivity index (χ1n) is 7.45. The number of nitrogen functional groups attached to an aromatic ring is 1. The summed E-state index contributed by atoms with van der Waals surface area (Å²) in [5, 5.41) is 0.820. The van der Waals surface area contributed by atoms with Crippen LogP contribution in [0.4, 0.5) is 5.82 Å². The van der Waals surface area contributed by atoms with E-state index < -0.39 is 0 Å². The number of ether oxygens (including phenoxy) is 2. The topological polar surface area (TPSA) is 92.3 Å². The molecule has 2 N–H and O–H groups in total. The first-order valence-corrected chi connectivity index (χ1v) is 7.45. The Balaban J connectivity index is 1.67. The van der Waals surface area contributed by atoms with Gasteiger partial charge in [0.05, 0.1) is 17.4 Å². The van der Waals surface area contributed by atoms with Crippen LogP contribution in [0.15, 0.2) is 18.6 Å². The van der Waals surface area contributed by atoms with Gasteiger partial charge in [-0.2, -0.15) is 0 Å². The Labute approximate surface area is 128 Å². The predicted octanol–water partition coefficient (Wildman–Crippen LogP) is 1.89. The number of carbonyl (C=O) groups excluding carboxylic acids is 1. The maximum Gasteiger partial charge on any atom is 0.308 e. The van der Waals surface area contributed by atoms with Gasteiger partial charge in [0, 0.05) is 6.20 Å². The second-order valence-corrected chi connectivity index (χ2v) is 5.79. The van der Waals surface area contributed by atoms with Crippen LogP contribution in [0.2, 0.25) is 0 Å². The van der Waals surface area contributed by atoms with E-state index in [0.717, 1.165) is 23.9 Å². The first kappa shape index (κ1) is 14.8. The van der Waals surface area contributed by atoms with Crippen molar-refractivity contribution in [3.8, 4) is 0 Å². The molecule has 0 spiro atoms. The summed E-state index contributed by atoms with van der Waals surface area (Å²) in [6, 6.07) is 1.89. The van der Waals surface area contributed by atoms with Crippen LogP contribution in [0.1, 0.15) is 32.9 Å². The van der Waals surface area contributed by atoms with Gasteiger partial charge in [0.1, 0.15) is 30.6 Å². The fourth-order valence-electron chi connectivity index (χ4n) is 2.58. The molecule has 0 aliphatic carbocycles. The van der Waals surface area contributed by atoms with Crippen LogP contribution in [0.25, 0.3) is 11.0 Å². The van der Waals surface area contributed by atoms with Crippen LogP contribution in [0.3, 0.4) is 0 Å². The van der Waals surface area contributed by atoms with E-state index in [1.807, 2.05) is 30.7 Å². The Hall–Kier alpha value is -2.15. The highest BCUT2D eigenvalue weighted by molar-refractivity contribution is 5.86. The molecule has 2 atom stereocenters. The molecule has 7 heteroatoms. The number of aromatic nitrogens is 3. The highest BCUT2D eigenvalue weighted by Gasteiger charge is 2.29. The molecule has 0 saturated carbocycles. The quantitative estimate of drug-likeness (QED) is 0.867. The van der Waals surface area contributed by atoms with Gasteiger partial charge in [-0.1, -0.05) is 13.8 Å². The summed E-state index contributed by atoms with van der Waals surface area (Å²) in [5.74, 6) is 0.147. The lowest BCUT2D eigenvalue weighted by atomic mass is 10.2. The zero-order chi connectivity index (χ0) is 15.7. The molecule has 2 unspecified atom stereocenters. The molecule has 2 aromatic heterocycles. The van der Waals surface area contributed by atoms with Crippen molar-refractivity contribution in [1.82, 2.24) is 14.5 Å². The lowest BCUT2D eigenvalue weighted by molar-refractivity contribution is -0.152. The number of esters is 1. The van der Waals surface area contributed by atoms with Crippen LogP contribution < -0.4 is 5.73 Å². The number of hydrogen-bond acceptors (Lipinski definition) is 6. The molecule has 7 nitrogen and oxygen atoms in total. The van der Waals surface area contributed by atoms with E-state index in [2.05, 4.69) is 9.97 Å². The fraction of sp³-hybridized carbons (Fsp3) is 0.533. The normalized spacial score (nSPS) is 21.6. The molecular weight excluding hydrogens is 284 g/mol. The molecule has 2 aromatic rings. The molecule has 3 rings (SSSR count). The number of hydrogen-bond donors (Lipinski definition) is 1. The van der Waals surface area contributed by atoms with Crippen molar-refractivity contribution in [3.05, 3.63) is 18.6 Å². The third-order valence-electron chi connectivity index (χ3n) is 3.82. The van der Waals surface area contributed by atoms with Crippen molar-refractivity contribution in [2.24, 2.45) is 5.92 Å². The maximum absolute atomic E-state index is 11.5. The van der Waals surface area contributed by atoms with Crippen molar-refractivity contribution >= 4 is 22.8 Å². The summed E-state index contributed by atoms with van der Waals surface area (Å²) in [6.45, 7) is 3.93. The van der Waals surface area contributed by atoms with Gasteiger partial charge in [-0.3, -0.25) is 4.79 Å². The van der Waals surface area contributed by atoms with Gasteiger partial charge in [-0.15, -0.1) is 0 Å². The fourth-order valence-corrected chi connectivity index (χ4v) is 2.58. The largest absolute Gasteiger partial charge is 0.463 e. The molecule has 1 aliphatic rings. The summed E-state index contributed by atoms with van der Waals surface area (Å²) in [4.78, 5) is 19.8. The van der Waals surface area contributed by atoms with Gasteiger partial charge >= 0.3 is 5.97 Å². The summed E-state index contributed by atoms with van der Waals surface area (Å²) in [7, 11) is 0. The van der Waals surface area contributed by atoms with Crippen LogP contribution in [0, 0.1) is 5.92 Å². The van der Waals surface area contributed by atoms with Gasteiger partial charge in [-0.05, 0) is 18.9 Å². The molecule has 0 aromatic carbocycles. The lowest BCUT2D eigenvalue weighted by Gasteiger charge is -2.16. The lowest BCUT2D eigenvalue weighted by Crippen LogP contribution is -2.21. The molecule has 3 heterocycles. The average molecular weight is 304 g/mol. The third-order valence-corrected chi connectivity index (χ3v) is 3.82. The van der Waals surface area contributed by atoms with Gasteiger partial charge in [0.15, 0.2) is 0 Å². The van der Waals surface area contributed by atoms with E-state index in [-0.39, 0.29) is 24.2 Å². The summed E-state index contributed by atoms with van der Waals surface area (Å²) in [6.07, 6.45) is 4.85. The van der Waals surface area contributed by atoms with Crippen LogP contribution in [-0.2, 0) is 14.3 Å². The zero-order valence-corrected chi connectivity index (χ0v) is 12.7.